The zero-order chi connectivity index (χ0) is 29.6. The van der Waals surface area contributed by atoms with Crippen molar-refractivity contribution in [3.05, 3.63) is 168 Å². The summed E-state index contributed by atoms with van der Waals surface area (Å²) in [7, 11) is 0. The van der Waals surface area contributed by atoms with Crippen LogP contribution >= 0.6 is 0 Å². The minimum Gasteiger partial charge on any atom is -0.207 e. The highest BCUT2D eigenvalue weighted by Crippen LogP contribution is 2.41. The molecule has 8 rings (SSSR count). The van der Waals surface area contributed by atoms with E-state index < -0.39 is 0 Å². The molecule has 0 aromatic heterocycles. The van der Waals surface area contributed by atoms with Crippen LogP contribution in [0.3, 0.4) is 0 Å². The second-order valence-corrected chi connectivity index (χ2v) is 11.0. The average molecular weight is 567 g/mol. The normalized spacial score (nSPS) is 11.2. The third kappa shape index (κ3) is 4.22. The highest BCUT2D eigenvalue weighted by molar-refractivity contribution is 6.18. The maximum Gasteiger partial charge on any atom is 0.123 e. The van der Waals surface area contributed by atoms with Crippen molar-refractivity contribution in [3.63, 3.8) is 0 Å². The molecule has 0 saturated heterocycles. The summed E-state index contributed by atoms with van der Waals surface area (Å²) >= 11 is 0. The molecule has 0 heterocycles. The summed E-state index contributed by atoms with van der Waals surface area (Å²) in [5.74, 6) is 6.68. The van der Waals surface area contributed by atoms with E-state index in [9.17, 15) is 8.78 Å². The fourth-order valence-electron chi connectivity index (χ4n) is 6.56. The third-order valence-electron chi connectivity index (χ3n) is 8.40. The van der Waals surface area contributed by atoms with Crippen LogP contribution in [-0.4, -0.2) is 0 Å². The van der Waals surface area contributed by atoms with Crippen LogP contribution in [0.2, 0.25) is 0 Å². The first-order chi connectivity index (χ1) is 21.7. The number of hydrogen-bond donors (Lipinski definition) is 0. The van der Waals surface area contributed by atoms with Gasteiger partial charge in [0, 0.05) is 11.1 Å². The predicted octanol–water partition coefficient (Wildman–Crippen LogP) is 11.3. The van der Waals surface area contributed by atoms with Crippen LogP contribution in [-0.2, 0) is 0 Å². The Kier molecular flexibility index (Phi) is 6.17. The summed E-state index contributed by atoms with van der Waals surface area (Å²) in [5.41, 5.74) is 5.52. The van der Waals surface area contributed by atoms with Gasteiger partial charge in [-0.15, -0.1) is 0 Å². The van der Waals surface area contributed by atoms with Gasteiger partial charge in [-0.3, -0.25) is 0 Å². The molecule has 0 spiro atoms. The number of fused-ring (bicyclic) bond motifs is 4. The molecule has 0 nitrogen and oxygen atoms in total. The number of hydrogen-bond acceptors (Lipinski definition) is 0. The molecular formula is C42H24F2. The number of halogens is 2. The van der Waals surface area contributed by atoms with Gasteiger partial charge in [0.15, 0.2) is 0 Å². The molecule has 0 bridgehead atoms. The Morgan fingerprint density at radius 3 is 0.909 bits per heavy atom. The summed E-state index contributed by atoms with van der Waals surface area (Å²) in [6.45, 7) is 0. The molecule has 8 aromatic rings. The van der Waals surface area contributed by atoms with E-state index >= 15 is 0 Å². The largest absolute Gasteiger partial charge is 0.207 e. The molecule has 0 N–H and O–H groups in total. The van der Waals surface area contributed by atoms with Gasteiger partial charge in [-0.25, -0.2) is 8.78 Å². The van der Waals surface area contributed by atoms with E-state index in [-0.39, 0.29) is 11.6 Å². The van der Waals surface area contributed by atoms with Crippen molar-refractivity contribution in [1.82, 2.24) is 0 Å². The van der Waals surface area contributed by atoms with Crippen molar-refractivity contribution in [1.29, 1.82) is 0 Å². The average Bonchev–Trinajstić information content (AvgIpc) is 3.06. The molecule has 0 radical (unpaired) electrons. The van der Waals surface area contributed by atoms with Crippen LogP contribution < -0.4 is 0 Å². The lowest BCUT2D eigenvalue weighted by Crippen LogP contribution is -1.92. The van der Waals surface area contributed by atoms with Crippen molar-refractivity contribution >= 4 is 43.1 Å². The highest BCUT2D eigenvalue weighted by atomic mass is 19.1. The molecule has 2 heteroatoms. The first-order valence-electron chi connectivity index (χ1n) is 14.6. The topological polar surface area (TPSA) is 0 Å². The van der Waals surface area contributed by atoms with E-state index in [1.807, 2.05) is 60.7 Å². The molecule has 0 atom stereocenters. The molecule has 0 aliphatic carbocycles. The molecule has 0 amide bonds. The molecule has 0 aliphatic rings. The van der Waals surface area contributed by atoms with Gasteiger partial charge in [0.25, 0.3) is 0 Å². The molecular weight excluding hydrogens is 542 g/mol. The fraction of sp³-hybridized carbons (Fsp3) is 0. The van der Waals surface area contributed by atoms with E-state index in [2.05, 4.69) is 60.4 Å². The Balaban J connectivity index is 1.45. The lowest BCUT2D eigenvalue weighted by molar-refractivity contribution is 0.628. The maximum absolute atomic E-state index is 14.4. The van der Waals surface area contributed by atoms with Gasteiger partial charge in [0.1, 0.15) is 11.6 Å². The van der Waals surface area contributed by atoms with Gasteiger partial charge in [-0.1, -0.05) is 133 Å². The van der Waals surface area contributed by atoms with Crippen molar-refractivity contribution in [2.75, 3.05) is 0 Å². The Labute approximate surface area is 253 Å². The van der Waals surface area contributed by atoms with Gasteiger partial charge >= 0.3 is 0 Å². The van der Waals surface area contributed by atoms with Crippen molar-refractivity contribution in [3.8, 4) is 34.1 Å². The first-order valence-corrected chi connectivity index (χ1v) is 14.6. The van der Waals surface area contributed by atoms with E-state index in [1.54, 1.807) is 24.3 Å². The summed E-state index contributed by atoms with van der Waals surface area (Å²) in [5, 5.41) is 8.17. The van der Waals surface area contributed by atoms with E-state index in [0.717, 1.165) is 76.5 Å². The quantitative estimate of drug-likeness (QED) is 0.144. The van der Waals surface area contributed by atoms with Gasteiger partial charge in [-0.2, -0.15) is 0 Å². The molecule has 0 saturated carbocycles. The maximum atomic E-state index is 14.4. The van der Waals surface area contributed by atoms with Crippen LogP contribution in [0.1, 0.15) is 11.1 Å². The van der Waals surface area contributed by atoms with Gasteiger partial charge in [0.05, 0.1) is 0 Å². The third-order valence-corrected chi connectivity index (χ3v) is 8.40. The van der Waals surface area contributed by atoms with Gasteiger partial charge < -0.3 is 0 Å². The summed E-state index contributed by atoms with van der Waals surface area (Å²) in [6, 6.07) is 46.5. The minimum absolute atomic E-state index is 0.264. The van der Waals surface area contributed by atoms with Crippen LogP contribution in [0.5, 0.6) is 0 Å². The highest BCUT2D eigenvalue weighted by Gasteiger charge is 2.17. The molecule has 0 unspecified atom stereocenters. The van der Waals surface area contributed by atoms with Crippen LogP contribution in [0.15, 0.2) is 146 Å². The zero-order valence-electron chi connectivity index (χ0n) is 23.6. The molecule has 0 fully saturated rings. The smallest absolute Gasteiger partial charge is 0.123 e. The Hall–Kier alpha value is -5.78. The fourth-order valence-corrected chi connectivity index (χ4v) is 6.56. The SMILES string of the molecule is Fc1cccc(-c2c3ccccc3c(C#Cc3c4ccccc4c(-c4cccc(F)c4)c4ccccc34)c3ccccc23)c1. The minimum atomic E-state index is -0.264. The lowest BCUT2D eigenvalue weighted by atomic mass is 9.87. The van der Waals surface area contributed by atoms with Crippen molar-refractivity contribution in [2.45, 2.75) is 0 Å². The van der Waals surface area contributed by atoms with E-state index in [4.69, 9.17) is 0 Å². The van der Waals surface area contributed by atoms with Gasteiger partial charge in [0.2, 0.25) is 0 Å². The zero-order valence-corrected chi connectivity index (χ0v) is 23.6. The van der Waals surface area contributed by atoms with Crippen molar-refractivity contribution < 1.29 is 8.78 Å². The number of benzene rings is 8. The van der Waals surface area contributed by atoms with E-state index in [0.29, 0.717) is 0 Å². The van der Waals surface area contributed by atoms with Gasteiger partial charge in [-0.05, 0) is 89.6 Å². The predicted molar refractivity (Wildman–Crippen MR) is 180 cm³/mol. The van der Waals surface area contributed by atoms with Crippen molar-refractivity contribution in [2.24, 2.45) is 0 Å². The van der Waals surface area contributed by atoms with E-state index in [1.165, 1.54) is 12.1 Å². The Morgan fingerprint density at radius 2 is 0.614 bits per heavy atom. The summed E-state index contributed by atoms with van der Waals surface area (Å²) < 4.78 is 28.8. The molecule has 44 heavy (non-hydrogen) atoms. The Bertz CT molecular complexity index is 2190. The Morgan fingerprint density at radius 1 is 0.318 bits per heavy atom. The molecule has 8 aromatic carbocycles. The van der Waals surface area contributed by atoms with Crippen LogP contribution in [0, 0.1) is 23.5 Å². The number of rotatable bonds is 2. The van der Waals surface area contributed by atoms with Crippen LogP contribution in [0.4, 0.5) is 8.78 Å². The second-order valence-electron chi connectivity index (χ2n) is 11.0. The van der Waals surface area contributed by atoms with Crippen LogP contribution in [0.25, 0.3) is 65.3 Å². The standard InChI is InChI=1S/C42H24F2/c43-29-13-9-11-27(25-29)41-37-19-5-1-15-31(37)35(32-16-2-6-20-38(32)41)23-24-36-33-17-3-7-21-39(33)42(28-12-10-14-30(44)26-28)40-22-8-4-18-34(36)40/h1-22,25-26H. The second kappa shape index (κ2) is 10.5. The monoisotopic (exact) mass is 566 g/mol. The lowest BCUT2D eigenvalue weighted by Gasteiger charge is -2.16. The molecule has 0 aliphatic heterocycles. The summed E-state index contributed by atoms with van der Waals surface area (Å²) in [4.78, 5) is 0. The molecule has 206 valence electrons. The summed E-state index contributed by atoms with van der Waals surface area (Å²) in [6.07, 6.45) is 0. The first kappa shape index (κ1) is 25.9.